The number of benzene rings is 1. The second kappa shape index (κ2) is 4.07. The monoisotopic (exact) mass is 137 g/mol. The molecule has 0 amide bonds. The van der Waals surface area contributed by atoms with Gasteiger partial charge in [0, 0.05) is 0 Å². The van der Waals surface area contributed by atoms with E-state index >= 15 is 0 Å². The summed E-state index contributed by atoms with van der Waals surface area (Å²) in [4.78, 5) is 0. The Bertz CT molecular complexity index is 167. The molecule has 10 heavy (non-hydrogen) atoms. The van der Waals surface area contributed by atoms with Gasteiger partial charge in [0.05, 0.1) is 0 Å². The summed E-state index contributed by atoms with van der Waals surface area (Å²) in [6.07, 6.45) is 0. The normalized spacial score (nSPS) is 9.10. The zero-order chi connectivity index (χ0) is 6.69. The van der Waals surface area contributed by atoms with Gasteiger partial charge in [0.15, 0.2) is 0 Å². The van der Waals surface area contributed by atoms with Gasteiger partial charge in [0.1, 0.15) is 0 Å². The van der Waals surface area contributed by atoms with Crippen LogP contribution in [0.15, 0.2) is 30.3 Å². The van der Waals surface area contributed by atoms with Gasteiger partial charge in [-0.3, -0.25) is 0 Å². The summed E-state index contributed by atoms with van der Waals surface area (Å²) in [7, 11) is 0. The van der Waals surface area contributed by atoms with E-state index in [1.54, 1.807) is 0 Å². The highest BCUT2D eigenvalue weighted by Crippen LogP contribution is 2.11. The lowest BCUT2D eigenvalue weighted by atomic mass is 10.0. The van der Waals surface area contributed by atoms with E-state index in [1.165, 1.54) is 5.56 Å². The molecule has 0 fully saturated rings. The molecule has 0 saturated carbocycles. The third kappa shape index (κ3) is 2.19. The van der Waals surface area contributed by atoms with Crippen LogP contribution in [0.1, 0.15) is 25.3 Å². The fourth-order valence-corrected chi connectivity index (χ4v) is 0.838. The van der Waals surface area contributed by atoms with Crippen LogP contribution in [0.3, 0.4) is 0 Å². The third-order valence-corrected chi connectivity index (χ3v) is 1.47. The zero-order valence-corrected chi connectivity index (χ0v) is 6.41. The zero-order valence-electron chi connectivity index (χ0n) is 6.41. The molecule has 1 N–H and O–H groups in total. The lowest BCUT2D eigenvalue weighted by molar-refractivity contribution is 0.824. The van der Waals surface area contributed by atoms with Crippen LogP contribution < -0.4 is 0 Å². The van der Waals surface area contributed by atoms with E-state index in [2.05, 4.69) is 38.1 Å². The van der Waals surface area contributed by atoms with Crippen molar-refractivity contribution in [2.24, 2.45) is 0 Å². The summed E-state index contributed by atoms with van der Waals surface area (Å²) in [5, 5.41) is 0. The Labute approximate surface area is 62.0 Å². The summed E-state index contributed by atoms with van der Waals surface area (Å²) in [6, 6.07) is 10.5. The van der Waals surface area contributed by atoms with Gasteiger partial charge in [0.25, 0.3) is 0 Å². The first-order valence-electron chi connectivity index (χ1n) is 3.35. The predicted octanol–water partition coefficient (Wildman–Crippen LogP) is 2.63. The van der Waals surface area contributed by atoms with Crippen LogP contribution in [-0.4, -0.2) is 5.48 Å². The first kappa shape index (κ1) is 9.18. The molecule has 1 rings (SSSR count). The first-order valence-corrected chi connectivity index (χ1v) is 3.35. The van der Waals surface area contributed by atoms with Crippen molar-refractivity contribution in [3.8, 4) is 0 Å². The molecule has 0 saturated heterocycles. The van der Waals surface area contributed by atoms with Crippen LogP contribution in [0, 0.1) is 0 Å². The van der Waals surface area contributed by atoms with Crippen LogP contribution in [0.5, 0.6) is 0 Å². The minimum atomic E-state index is 0. The molecule has 0 aliphatic carbocycles. The van der Waals surface area contributed by atoms with Gasteiger partial charge in [-0.25, -0.2) is 0 Å². The molecule has 1 aromatic rings. The van der Waals surface area contributed by atoms with Crippen LogP contribution in [0.2, 0.25) is 0 Å². The van der Waals surface area contributed by atoms with Crippen molar-refractivity contribution in [3.05, 3.63) is 35.9 Å². The maximum Gasteiger partial charge on any atom is -0.0219 e. The van der Waals surface area contributed by atoms with Crippen LogP contribution in [0.4, 0.5) is 0 Å². The summed E-state index contributed by atoms with van der Waals surface area (Å²) < 4.78 is 0. The molecule has 1 heteroatoms. The van der Waals surface area contributed by atoms with Gasteiger partial charge in [-0.15, -0.1) is 0 Å². The maximum atomic E-state index is 2.20. The van der Waals surface area contributed by atoms with E-state index in [9.17, 15) is 0 Å². The second-order valence-electron chi connectivity index (χ2n) is 2.57. The first-order chi connectivity index (χ1) is 4.30. The van der Waals surface area contributed by atoms with Crippen molar-refractivity contribution in [3.63, 3.8) is 0 Å². The summed E-state index contributed by atoms with van der Waals surface area (Å²) in [5.74, 6) is 0.659. The Morgan fingerprint density at radius 1 is 1.00 bits per heavy atom. The molecule has 0 heterocycles. The lowest BCUT2D eigenvalue weighted by Gasteiger charge is -2.01. The molecule has 56 valence electrons. The van der Waals surface area contributed by atoms with Crippen molar-refractivity contribution >= 4 is 0 Å². The molecular weight excluding hydrogens is 124 g/mol. The molecule has 1 nitrogen and oxygen atoms in total. The SMILES string of the molecule is CC(C)c1ccccc1.[OH-]. The molecule has 0 aliphatic heterocycles. The molecular formula is C9H13O-. The van der Waals surface area contributed by atoms with Gasteiger partial charge in [-0.1, -0.05) is 44.2 Å². The fraction of sp³-hybridized carbons (Fsp3) is 0.333. The van der Waals surface area contributed by atoms with E-state index in [4.69, 9.17) is 0 Å². The van der Waals surface area contributed by atoms with Crippen molar-refractivity contribution < 1.29 is 5.48 Å². The highest BCUT2D eigenvalue weighted by atomic mass is 16.0. The van der Waals surface area contributed by atoms with Crippen molar-refractivity contribution in [2.45, 2.75) is 19.8 Å². The van der Waals surface area contributed by atoms with Crippen molar-refractivity contribution in [1.82, 2.24) is 0 Å². The molecule has 0 unspecified atom stereocenters. The predicted molar refractivity (Wildman–Crippen MR) is 42.5 cm³/mol. The van der Waals surface area contributed by atoms with E-state index in [0.29, 0.717) is 5.92 Å². The Hall–Kier alpha value is -0.820. The molecule has 0 bridgehead atoms. The molecule has 0 radical (unpaired) electrons. The Balaban J connectivity index is 0.000000810. The summed E-state index contributed by atoms with van der Waals surface area (Å²) in [5.41, 5.74) is 1.41. The Morgan fingerprint density at radius 2 is 1.50 bits per heavy atom. The minimum Gasteiger partial charge on any atom is -0.870 e. The maximum absolute atomic E-state index is 2.20. The van der Waals surface area contributed by atoms with Gasteiger partial charge >= 0.3 is 0 Å². The van der Waals surface area contributed by atoms with E-state index in [1.807, 2.05) is 6.07 Å². The summed E-state index contributed by atoms with van der Waals surface area (Å²) in [6.45, 7) is 4.41. The van der Waals surface area contributed by atoms with Gasteiger partial charge in [0.2, 0.25) is 0 Å². The Morgan fingerprint density at radius 3 is 1.80 bits per heavy atom. The number of rotatable bonds is 1. The topological polar surface area (TPSA) is 30.0 Å². The highest BCUT2D eigenvalue weighted by molar-refractivity contribution is 5.17. The van der Waals surface area contributed by atoms with E-state index in [0.717, 1.165) is 0 Å². The summed E-state index contributed by atoms with van der Waals surface area (Å²) >= 11 is 0. The molecule has 0 atom stereocenters. The Kier molecular flexibility index (Phi) is 3.74. The second-order valence-corrected chi connectivity index (χ2v) is 2.57. The van der Waals surface area contributed by atoms with Gasteiger partial charge in [-0.2, -0.15) is 0 Å². The molecule has 1 aromatic carbocycles. The smallest absolute Gasteiger partial charge is 0.0219 e. The minimum absolute atomic E-state index is 0. The van der Waals surface area contributed by atoms with Gasteiger partial charge < -0.3 is 5.48 Å². The largest absolute Gasteiger partial charge is 0.870 e. The highest BCUT2D eigenvalue weighted by Gasteiger charge is 1.93. The number of hydrogen-bond donors (Lipinski definition) is 0. The van der Waals surface area contributed by atoms with Crippen molar-refractivity contribution in [2.75, 3.05) is 0 Å². The molecule has 0 spiro atoms. The van der Waals surface area contributed by atoms with E-state index < -0.39 is 0 Å². The van der Waals surface area contributed by atoms with Gasteiger partial charge in [-0.05, 0) is 11.5 Å². The molecule has 0 aromatic heterocycles. The standard InChI is InChI=1S/C9H12.H2O/c1-8(2)9-6-4-3-5-7-9;/h3-8H,1-2H3;1H2/p-1. The van der Waals surface area contributed by atoms with E-state index in [-0.39, 0.29) is 5.48 Å². The molecule has 0 aliphatic rings. The van der Waals surface area contributed by atoms with Crippen LogP contribution in [-0.2, 0) is 0 Å². The quantitative estimate of drug-likeness (QED) is 0.585. The third-order valence-electron chi connectivity index (χ3n) is 1.47. The lowest BCUT2D eigenvalue weighted by Crippen LogP contribution is -1.83. The number of hydrogen-bond acceptors (Lipinski definition) is 1. The average Bonchev–Trinajstić information content (AvgIpc) is 1.90. The van der Waals surface area contributed by atoms with Crippen molar-refractivity contribution in [1.29, 1.82) is 0 Å². The van der Waals surface area contributed by atoms with Crippen LogP contribution in [0.25, 0.3) is 0 Å². The average molecular weight is 137 g/mol. The van der Waals surface area contributed by atoms with Crippen LogP contribution >= 0.6 is 0 Å². The fourth-order valence-electron chi connectivity index (χ4n) is 0.838.